The van der Waals surface area contributed by atoms with Gasteiger partial charge in [-0.15, -0.1) is 0 Å². The number of benzene rings is 1. The van der Waals surface area contributed by atoms with Crippen molar-refractivity contribution >= 4 is 28.5 Å². The fourth-order valence-corrected chi connectivity index (χ4v) is 3.20. The summed E-state index contributed by atoms with van der Waals surface area (Å²) >= 11 is 0. The monoisotopic (exact) mass is 286 g/mol. The Bertz CT molecular complexity index is 718. The topological polar surface area (TPSA) is 82.2 Å². The summed E-state index contributed by atoms with van der Waals surface area (Å²) in [5, 5.41) is 12.9. The summed E-state index contributed by atoms with van der Waals surface area (Å²) in [4.78, 5) is 25.4. The van der Waals surface area contributed by atoms with Crippen LogP contribution in [-0.2, 0) is 22.4 Å². The van der Waals surface area contributed by atoms with Crippen LogP contribution in [0.3, 0.4) is 0 Å². The number of aromatic nitrogens is 1. The third-order valence-electron chi connectivity index (χ3n) is 4.07. The second kappa shape index (κ2) is 5.24. The van der Waals surface area contributed by atoms with Crippen molar-refractivity contribution in [2.24, 2.45) is 5.92 Å². The number of rotatable bonds is 3. The smallest absolute Gasteiger partial charge is 0.303 e. The number of aromatic amines is 1. The van der Waals surface area contributed by atoms with E-state index in [9.17, 15) is 9.59 Å². The highest BCUT2D eigenvalue weighted by Crippen LogP contribution is 2.34. The second-order valence-electron chi connectivity index (χ2n) is 5.73. The lowest BCUT2D eigenvalue weighted by molar-refractivity contribution is -0.138. The van der Waals surface area contributed by atoms with Gasteiger partial charge in [0.2, 0.25) is 5.91 Å². The Morgan fingerprint density at radius 1 is 1.43 bits per heavy atom. The summed E-state index contributed by atoms with van der Waals surface area (Å²) in [6, 6.07) is 5.83. The lowest BCUT2D eigenvalue weighted by Gasteiger charge is -2.20. The van der Waals surface area contributed by atoms with Crippen LogP contribution in [-0.4, -0.2) is 22.0 Å². The Kier molecular flexibility index (Phi) is 3.41. The maximum atomic E-state index is 11.1. The summed E-state index contributed by atoms with van der Waals surface area (Å²) in [7, 11) is 0. The van der Waals surface area contributed by atoms with Crippen molar-refractivity contribution in [1.82, 2.24) is 4.98 Å². The van der Waals surface area contributed by atoms with Crippen LogP contribution >= 0.6 is 0 Å². The molecule has 1 aliphatic carbocycles. The molecule has 0 radical (unpaired) electrons. The first-order valence-corrected chi connectivity index (χ1v) is 7.16. The molecule has 5 nitrogen and oxygen atoms in total. The first-order chi connectivity index (χ1) is 10.0. The number of carboxylic acids is 1. The molecule has 1 aromatic carbocycles. The predicted octanol–water partition coefficient (Wildman–Crippen LogP) is 2.71. The molecule has 0 bridgehead atoms. The van der Waals surface area contributed by atoms with E-state index in [4.69, 9.17) is 5.11 Å². The summed E-state index contributed by atoms with van der Waals surface area (Å²) in [5.74, 6) is -0.606. The number of carboxylic acid groups (broad SMARTS) is 1. The quantitative estimate of drug-likeness (QED) is 0.811. The van der Waals surface area contributed by atoms with Crippen LogP contribution in [0.2, 0.25) is 0 Å². The molecule has 1 unspecified atom stereocenters. The number of carbonyl (C=O) groups excluding carboxylic acids is 1. The van der Waals surface area contributed by atoms with E-state index < -0.39 is 5.97 Å². The SMILES string of the molecule is CC(=O)Nc1ccc2[nH]c3c(c2c1)CCC(CC(=O)O)C3. The molecule has 1 atom stereocenters. The third kappa shape index (κ3) is 2.77. The number of hydrogen-bond donors (Lipinski definition) is 3. The first-order valence-electron chi connectivity index (χ1n) is 7.16. The van der Waals surface area contributed by atoms with Gasteiger partial charge in [0, 0.05) is 35.6 Å². The van der Waals surface area contributed by atoms with Crippen LogP contribution in [0.4, 0.5) is 5.69 Å². The molecule has 0 saturated carbocycles. The molecule has 1 heterocycles. The van der Waals surface area contributed by atoms with Crippen LogP contribution < -0.4 is 5.32 Å². The molecule has 0 fully saturated rings. The van der Waals surface area contributed by atoms with Gasteiger partial charge in [0.25, 0.3) is 0 Å². The van der Waals surface area contributed by atoms with E-state index in [2.05, 4.69) is 10.3 Å². The van der Waals surface area contributed by atoms with Crippen molar-refractivity contribution in [2.75, 3.05) is 5.32 Å². The number of aryl methyl sites for hydroxylation is 1. The third-order valence-corrected chi connectivity index (χ3v) is 4.07. The number of H-pyrrole nitrogens is 1. The minimum Gasteiger partial charge on any atom is -0.481 e. The van der Waals surface area contributed by atoms with Gasteiger partial charge in [-0.1, -0.05) is 0 Å². The van der Waals surface area contributed by atoms with E-state index in [-0.39, 0.29) is 18.2 Å². The van der Waals surface area contributed by atoms with Gasteiger partial charge < -0.3 is 15.4 Å². The van der Waals surface area contributed by atoms with E-state index in [1.54, 1.807) is 0 Å². The highest BCUT2D eigenvalue weighted by molar-refractivity contribution is 5.94. The number of nitrogens with one attached hydrogen (secondary N) is 2. The van der Waals surface area contributed by atoms with Gasteiger partial charge in [-0.05, 0) is 48.9 Å². The minimum atomic E-state index is -0.729. The molecule has 1 aliphatic rings. The summed E-state index contributed by atoms with van der Waals surface area (Å²) in [6.07, 6.45) is 2.80. The number of aliphatic carboxylic acids is 1. The normalized spacial score (nSPS) is 17.5. The number of carbonyl (C=O) groups is 2. The van der Waals surface area contributed by atoms with Gasteiger partial charge in [0.05, 0.1) is 0 Å². The van der Waals surface area contributed by atoms with Gasteiger partial charge >= 0.3 is 5.97 Å². The fourth-order valence-electron chi connectivity index (χ4n) is 3.20. The van der Waals surface area contributed by atoms with E-state index in [0.717, 1.165) is 41.5 Å². The maximum Gasteiger partial charge on any atom is 0.303 e. The molecule has 1 aromatic heterocycles. The average molecular weight is 286 g/mol. The molecule has 5 heteroatoms. The highest BCUT2D eigenvalue weighted by atomic mass is 16.4. The van der Waals surface area contributed by atoms with Crippen LogP contribution in [0.15, 0.2) is 18.2 Å². The lowest BCUT2D eigenvalue weighted by Crippen LogP contribution is -2.17. The standard InChI is InChI=1S/C16H18N2O3/c1-9(19)17-11-3-5-14-13(8-11)12-4-2-10(7-16(20)21)6-15(12)18-14/h3,5,8,10,18H,2,4,6-7H2,1H3,(H,17,19)(H,20,21). The van der Waals surface area contributed by atoms with Gasteiger partial charge in [0.15, 0.2) is 0 Å². The summed E-state index contributed by atoms with van der Waals surface area (Å²) in [5.41, 5.74) is 4.25. The first kappa shape index (κ1) is 13.7. The molecule has 2 aromatic rings. The Labute approximate surface area is 122 Å². The van der Waals surface area contributed by atoms with Crippen molar-refractivity contribution < 1.29 is 14.7 Å². The Balaban J connectivity index is 1.92. The average Bonchev–Trinajstić information content (AvgIpc) is 2.74. The van der Waals surface area contributed by atoms with Crippen molar-refractivity contribution in [3.8, 4) is 0 Å². The van der Waals surface area contributed by atoms with Gasteiger partial charge in [-0.25, -0.2) is 0 Å². The fraction of sp³-hybridized carbons (Fsp3) is 0.375. The Morgan fingerprint density at radius 2 is 2.24 bits per heavy atom. The lowest BCUT2D eigenvalue weighted by atomic mass is 9.85. The molecule has 3 N–H and O–H groups in total. The van der Waals surface area contributed by atoms with E-state index in [1.807, 2.05) is 18.2 Å². The van der Waals surface area contributed by atoms with E-state index in [0.29, 0.717) is 0 Å². The van der Waals surface area contributed by atoms with Crippen LogP contribution in [0, 0.1) is 5.92 Å². The zero-order valence-corrected chi connectivity index (χ0v) is 11.9. The molecule has 0 aliphatic heterocycles. The molecular weight excluding hydrogens is 268 g/mol. The number of amides is 1. The number of fused-ring (bicyclic) bond motifs is 3. The molecule has 3 rings (SSSR count). The Morgan fingerprint density at radius 3 is 2.95 bits per heavy atom. The number of anilines is 1. The van der Waals surface area contributed by atoms with Crippen LogP contribution in [0.1, 0.15) is 31.0 Å². The summed E-state index contributed by atoms with van der Waals surface area (Å²) < 4.78 is 0. The van der Waals surface area contributed by atoms with Gasteiger partial charge in [0.1, 0.15) is 0 Å². The van der Waals surface area contributed by atoms with Crippen molar-refractivity contribution in [3.05, 3.63) is 29.5 Å². The molecule has 0 spiro atoms. The number of hydrogen-bond acceptors (Lipinski definition) is 2. The minimum absolute atomic E-state index is 0.0831. The van der Waals surface area contributed by atoms with Crippen molar-refractivity contribution in [3.63, 3.8) is 0 Å². The molecular formula is C16H18N2O3. The molecule has 21 heavy (non-hydrogen) atoms. The van der Waals surface area contributed by atoms with Gasteiger partial charge in [-0.2, -0.15) is 0 Å². The van der Waals surface area contributed by atoms with E-state index >= 15 is 0 Å². The zero-order chi connectivity index (χ0) is 15.0. The van der Waals surface area contributed by atoms with Crippen molar-refractivity contribution in [1.29, 1.82) is 0 Å². The Hall–Kier alpha value is -2.30. The van der Waals surface area contributed by atoms with Crippen molar-refractivity contribution in [2.45, 2.75) is 32.6 Å². The van der Waals surface area contributed by atoms with Gasteiger partial charge in [-0.3, -0.25) is 9.59 Å². The largest absolute Gasteiger partial charge is 0.481 e. The van der Waals surface area contributed by atoms with E-state index in [1.165, 1.54) is 12.5 Å². The predicted molar refractivity (Wildman–Crippen MR) is 80.4 cm³/mol. The molecule has 110 valence electrons. The maximum absolute atomic E-state index is 11.1. The molecule has 0 saturated heterocycles. The van der Waals surface area contributed by atoms with Crippen LogP contribution in [0.5, 0.6) is 0 Å². The summed E-state index contributed by atoms with van der Waals surface area (Å²) in [6.45, 7) is 1.49. The zero-order valence-electron chi connectivity index (χ0n) is 11.9. The molecule has 1 amide bonds. The van der Waals surface area contributed by atoms with Crippen LogP contribution in [0.25, 0.3) is 10.9 Å². The highest BCUT2D eigenvalue weighted by Gasteiger charge is 2.24. The second-order valence-corrected chi connectivity index (χ2v) is 5.73.